The van der Waals surface area contributed by atoms with Crippen molar-refractivity contribution in [2.75, 3.05) is 26.2 Å². The molecule has 1 aliphatic rings. The van der Waals surface area contributed by atoms with Crippen LogP contribution in [0.1, 0.15) is 36.2 Å². The lowest BCUT2D eigenvalue weighted by atomic mass is 10.2. The summed E-state index contributed by atoms with van der Waals surface area (Å²) in [6, 6.07) is 17.6. The zero-order valence-corrected chi connectivity index (χ0v) is 21.1. The fraction of sp³-hybridized carbons (Fsp3) is 0.417. The van der Waals surface area contributed by atoms with Gasteiger partial charge in [0.05, 0.1) is 6.54 Å². The number of amides is 1. The second kappa shape index (κ2) is 13.3. The minimum atomic E-state index is -0.172. The number of hydrogen-bond acceptors (Lipinski definition) is 4. The number of nitrogens with zero attached hydrogens (tertiary/aromatic N) is 2. The van der Waals surface area contributed by atoms with Gasteiger partial charge in [-0.3, -0.25) is 14.7 Å². The summed E-state index contributed by atoms with van der Waals surface area (Å²) in [7, 11) is 0. The Kier molecular flexibility index (Phi) is 10.8. The molecule has 32 heavy (non-hydrogen) atoms. The smallest absolute Gasteiger partial charge is 0.251 e. The molecule has 7 nitrogen and oxygen atoms in total. The van der Waals surface area contributed by atoms with Crippen LogP contribution in [0.5, 0.6) is 5.75 Å². The molecule has 174 valence electrons. The first-order chi connectivity index (χ1) is 15.0. The number of phenols is 1. The molecule has 3 rings (SSSR count). The molecule has 1 amide bonds. The van der Waals surface area contributed by atoms with E-state index in [4.69, 9.17) is 0 Å². The Labute approximate surface area is 207 Å². The minimum Gasteiger partial charge on any atom is -0.508 e. The summed E-state index contributed by atoms with van der Waals surface area (Å²) in [6.07, 6.45) is 1.06. The number of carbonyl (C=O) groups is 1. The molecular weight excluding hydrogens is 517 g/mol. The summed E-state index contributed by atoms with van der Waals surface area (Å²) < 4.78 is 0. The maximum absolute atomic E-state index is 12.1. The zero-order chi connectivity index (χ0) is 22.1. The Morgan fingerprint density at radius 2 is 1.84 bits per heavy atom. The number of nitrogens with one attached hydrogen (secondary N) is 3. The Bertz CT molecular complexity index is 860. The normalized spacial score (nSPS) is 18.6. The van der Waals surface area contributed by atoms with E-state index < -0.39 is 0 Å². The lowest BCUT2D eigenvalue weighted by Crippen LogP contribution is -2.45. The van der Waals surface area contributed by atoms with E-state index in [0.717, 1.165) is 32.0 Å². The third-order valence-electron chi connectivity index (χ3n) is 5.41. The largest absolute Gasteiger partial charge is 0.508 e. The van der Waals surface area contributed by atoms with Crippen LogP contribution in [0.25, 0.3) is 0 Å². The predicted octanol–water partition coefficient (Wildman–Crippen LogP) is 2.96. The van der Waals surface area contributed by atoms with Crippen LogP contribution in [0, 0.1) is 0 Å². The third-order valence-corrected chi connectivity index (χ3v) is 5.41. The SMILES string of the molecule is CCNC(=NCCNC(=O)c1ccc(O)cc1)NC1CC(C)N(Cc2ccccc2)C1.I. The molecule has 0 radical (unpaired) electrons. The number of aromatic hydroxyl groups is 1. The Morgan fingerprint density at radius 1 is 1.12 bits per heavy atom. The van der Waals surface area contributed by atoms with Gasteiger partial charge in [0.1, 0.15) is 5.75 Å². The number of carbonyl (C=O) groups excluding carboxylic acids is 1. The molecule has 8 heteroatoms. The van der Waals surface area contributed by atoms with Crippen LogP contribution in [0.15, 0.2) is 59.6 Å². The number of aliphatic imine (C=N–C) groups is 1. The number of likely N-dealkylation sites (tertiary alicyclic amines) is 1. The van der Waals surface area contributed by atoms with Gasteiger partial charge in [0.15, 0.2) is 5.96 Å². The molecule has 0 bridgehead atoms. The van der Waals surface area contributed by atoms with Gasteiger partial charge in [-0.05, 0) is 50.1 Å². The Morgan fingerprint density at radius 3 is 2.53 bits per heavy atom. The highest BCUT2D eigenvalue weighted by atomic mass is 127. The van der Waals surface area contributed by atoms with Crippen LogP contribution in [0.4, 0.5) is 0 Å². The molecule has 4 N–H and O–H groups in total. The lowest BCUT2D eigenvalue weighted by molar-refractivity contribution is 0.0955. The van der Waals surface area contributed by atoms with Gasteiger partial charge in [0.2, 0.25) is 0 Å². The highest BCUT2D eigenvalue weighted by molar-refractivity contribution is 14.0. The molecular formula is C24H34IN5O2. The molecule has 2 unspecified atom stereocenters. The average molecular weight is 551 g/mol. The van der Waals surface area contributed by atoms with Crippen molar-refractivity contribution in [3.63, 3.8) is 0 Å². The first-order valence-electron chi connectivity index (χ1n) is 10.9. The van der Waals surface area contributed by atoms with E-state index in [2.05, 4.69) is 57.0 Å². The minimum absolute atomic E-state index is 0. The molecule has 2 atom stereocenters. The first kappa shape index (κ1) is 25.9. The van der Waals surface area contributed by atoms with Gasteiger partial charge < -0.3 is 21.1 Å². The summed E-state index contributed by atoms with van der Waals surface area (Å²) >= 11 is 0. The maximum atomic E-state index is 12.1. The van der Waals surface area contributed by atoms with E-state index in [0.29, 0.717) is 30.7 Å². The molecule has 0 spiro atoms. The quantitative estimate of drug-likeness (QED) is 0.176. The van der Waals surface area contributed by atoms with Crippen LogP contribution < -0.4 is 16.0 Å². The van der Waals surface area contributed by atoms with Crippen molar-refractivity contribution >= 4 is 35.8 Å². The number of phenolic OH excluding ortho intramolecular Hbond substituents is 1. The number of benzene rings is 2. The monoisotopic (exact) mass is 551 g/mol. The summed E-state index contributed by atoms with van der Waals surface area (Å²) in [5, 5.41) is 19.0. The van der Waals surface area contributed by atoms with Gasteiger partial charge in [0.25, 0.3) is 5.91 Å². The maximum Gasteiger partial charge on any atom is 0.251 e. The predicted molar refractivity (Wildman–Crippen MR) is 140 cm³/mol. The highest BCUT2D eigenvalue weighted by Crippen LogP contribution is 2.20. The van der Waals surface area contributed by atoms with Crippen molar-refractivity contribution in [1.82, 2.24) is 20.9 Å². The van der Waals surface area contributed by atoms with Gasteiger partial charge in [-0.1, -0.05) is 30.3 Å². The van der Waals surface area contributed by atoms with Crippen LogP contribution >= 0.6 is 24.0 Å². The number of halogens is 1. The summed E-state index contributed by atoms with van der Waals surface area (Å²) in [5.41, 5.74) is 1.85. The van der Waals surface area contributed by atoms with E-state index in [1.165, 1.54) is 17.7 Å². The highest BCUT2D eigenvalue weighted by Gasteiger charge is 2.29. The first-order valence-corrected chi connectivity index (χ1v) is 10.9. The van der Waals surface area contributed by atoms with Gasteiger partial charge in [0, 0.05) is 43.8 Å². The molecule has 1 heterocycles. The summed E-state index contributed by atoms with van der Waals surface area (Å²) in [6.45, 7) is 7.94. The molecule has 1 aliphatic heterocycles. The van der Waals surface area contributed by atoms with Crippen molar-refractivity contribution in [2.45, 2.75) is 38.9 Å². The molecule has 2 aromatic carbocycles. The molecule has 0 aromatic heterocycles. The molecule has 0 aliphatic carbocycles. The van der Waals surface area contributed by atoms with Crippen LogP contribution in [0.3, 0.4) is 0 Å². The summed E-state index contributed by atoms with van der Waals surface area (Å²) in [5.74, 6) is 0.751. The zero-order valence-electron chi connectivity index (χ0n) is 18.8. The molecule has 2 aromatic rings. The lowest BCUT2D eigenvalue weighted by Gasteiger charge is -2.21. The van der Waals surface area contributed by atoms with E-state index in [1.807, 2.05) is 13.0 Å². The van der Waals surface area contributed by atoms with E-state index >= 15 is 0 Å². The van der Waals surface area contributed by atoms with Crippen molar-refractivity contribution in [2.24, 2.45) is 4.99 Å². The van der Waals surface area contributed by atoms with Crippen molar-refractivity contribution in [3.05, 3.63) is 65.7 Å². The Hall–Kier alpha value is -2.33. The van der Waals surface area contributed by atoms with E-state index in [-0.39, 0.29) is 35.6 Å². The van der Waals surface area contributed by atoms with Crippen LogP contribution in [-0.2, 0) is 6.54 Å². The van der Waals surface area contributed by atoms with Crippen molar-refractivity contribution in [1.29, 1.82) is 0 Å². The van der Waals surface area contributed by atoms with Crippen LogP contribution in [-0.4, -0.2) is 60.1 Å². The summed E-state index contributed by atoms with van der Waals surface area (Å²) in [4.78, 5) is 19.3. The standard InChI is InChI=1S/C24H33N5O2.HI/c1-3-25-24(27-14-13-26-23(31)20-9-11-22(30)12-10-20)28-21-15-18(2)29(17-21)16-19-7-5-4-6-8-19;/h4-12,18,21,30H,3,13-17H2,1-2H3,(H,26,31)(H2,25,27,28);1H. The second-order valence-corrected chi connectivity index (χ2v) is 7.90. The topological polar surface area (TPSA) is 89.0 Å². The number of guanidine groups is 1. The number of rotatable bonds is 8. The van der Waals surface area contributed by atoms with Gasteiger partial charge in [-0.2, -0.15) is 0 Å². The second-order valence-electron chi connectivity index (χ2n) is 7.90. The molecule has 1 fully saturated rings. The fourth-order valence-corrected chi connectivity index (χ4v) is 3.81. The van der Waals surface area contributed by atoms with E-state index in [9.17, 15) is 9.90 Å². The molecule has 1 saturated heterocycles. The Balaban J connectivity index is 0.00000363. The number of hydrogen-bond donors (Lipinski definition) is 4. The van der Waals surface area contributed by atoms with Gasteiger partial charge in [-0.25, -0.2) is 0 Å². The average Bonchev–Trinajstić information content (AvgIpc) is 3.11. The van der Waals surface area contributed by atoms with Crippen molar-refractivity contribution in [3.8, 4) is 5.75 Å². The van der Waals surface area contributed by atoms with Gasteiger partial charge >= 0.3 is 0 Å². The van der Waals surface area contributed by atoms with Crippen LogP contribution in [0.2, 0.25) is 0 Å². The van der Waals surface area contributed by atoms with Gasteiger partial charge in [-0.15, -0.1) is 24.0 Å². The van der Waals surface area contributed by atoms with Crippen molar-refractivity contribution < 1.29 is 9.90 Å². The third kappa shape index (κ3) is 7.98. The molecule has 0 saturated carbocycles. The fourth-order valence-electron chi connectivity index (χ4n) is 3.81. The van der Waals surface area contributed by atoms with E-state index in [1.54, 1.807) is 12.1 Å².